The standard InChI is InChI=1S/C20H18F3N5O2.C10H11N3O2/c21-20(22,23)14-4-1-3-13-15(7-8-24-18(13)14)25-19(29)27-16-5-2-6-17(26-16)28-9-11-30-12-10-28;14-8-11-9-2-1-3-10(12-9)13-4-6-15-7-5-13/h1-8H,9-12H2,(H2,24,25,26,27,29);1-3H,4-7H2. The number of rotatable bonds is 5. The van der Waals surface area contributed by atoms with E-state index in [1.54, 1.807) is 18.2 Å². The summed E-state index contributed by atoms with van der Waals surface area (Å²) in [5, 5.41) is 5.39. The Morgan fingerprint density at radius 3 is 2.09 bits per heavy atom. The second-order valence-corrected chi connectivity index (χ2v) is 9.77. The molecule has 0 unspecified atom stereocenters. The minimum atomic E-state index is -4.54. The number of morpholine rings is 2. The number of nitrogens with one attached hydrogen (secondary N) is 2. The monoisotopic (exact) mass is 622 g/mol. The summed E-state index contributed by atoms with van der Waals surface area (Å²) in [5.41, 5.74) is -0.868. The number of anilines is 4. The molecule has 0 radical (unpaired) electrons. The van der Waals surface area contributed by atoms with E-state index in [2.05, 4.69) is 35.5 Å². The van der Waals surface area contributed by atoms with E-state index in [1.165, 1.54) is 30.5 Å². The normalized spacial score (nSPS) is 15.0. The van der Waals surface area contributed by atoms with E-state index in [0.717, 1.165) is 25.0 Å². The van der Waals surface area contributed by atoms with Gasteiger partial charge in [-0.1, -0.05) is 24.3 Å². The third-order valence-corrected chi connectivity index (χ3v) is 6.85. The van der Waals surface area contributed by atoms with Crippen molar-refractivity contribution >= 4 is 52.0 Å². The van der Waals surface area contributed by atoms with Crippen molar-refractivity contribution in [2.45, 2.75) is 6.18 Å². The molecule has 2 amide bonds. The van der Waals surface area contributed by atoms with Gasteiger partial charge in [0.25, 0.3) is 0 Å². The van der Waals surface area contributed by atoms with Crippen LogP contribution in [0.15, 0.2) is 71.9 Å². The number of para-hydroxylation sites is 1. The van der Waals surface area contributed by atoms with Gasteiger partial charge < -0.3 is 24.6 Å². The van der Waals surface area contributed by atoms with Gasteiger partial charge in [0.05, 0.1) is 43.2 Å². The molecular formula is C30H29F3N8O4. The molecule has 6 rings (SSSR count). The molecule has 234 valence electrons. The van der Waals surface area contributed by atoms with Gasteiger partial charge in [0, 0.05) is 37.8 Å². The minimum absolute atomic E-state index is 0.192. The number of fused-ring (bicyclic) bond motifs is 1. The van der Waals surface area contributed by atoms with Gasteiger partial charge in [0.2, 0.25) is 6.08 Å². The molecule has 0 spiro atoms. The quantitative estimate of drug-likeness (QED) is 0.233. The topological polar surface area (TPSA) is 134 Å². The maximum absolute atomic E-state index is 13.2. The summed E-state index contributed by atoms with van der Waals surface area (Å²) in [5.74, 6) is 2.26. The van der Waals surface area contributed by atoms with Crippen LogP contribution in [0.3, 0.4) is 0 Å². The third kappa shape index (κ3) is 8.29. The number of halogens is 3. The Morgan fingerprint density at radius 2 is 1.44 bits per heavy atom. The van der Waals surface area contributed by atoms with E-state index in [9.17, 15) is 22.8 Å². The van der Waals surface area contributed by atoms with Crippen LogP contribution in [0.2, 0.25) is 0 Å². The molecule has 3 aromatic heterocycles. The van der Waals surface area contributed by atoms with Crippen molar-refractivity contribution in [3.63, 3.8) is 0 Å². The Balaban J connectivity index is 0.000000223. The van der Waals surface area contributed by atoms with Crippen molar-refractivity contribution in [1.82, 2.24) is 15.0 Å². The molecule has 0 bridgehead atoms. The van der Waals surface area contributed by atoms with Crippen LogP contribution in [0.5, 0.6) is 0 Å². The van der Waals surface area contributed by atoms with E-state index in [0.29, 0.717) is 57.0 Å². The van der Waals surface area contributed by atoms with Gasteiger partial charge in [-0.05, 0) is 36.4 Å². The van der Waals surface area contributed by atoms with Crippen LogP contribution in [-0.4, -0.2) is 79.7 Å². The summed E-state index contributed by atoms with van der Waals surface area (Å²) in [4.78, 5) is 42.7. The smallest absolute Gasteiger partial charge is 0.378 e. The van der Waals surface area contributed by atoms with Crippen LogP contribution in [0, 0.1) is 0 Å². The molecule has 1 aromatic carbocycles. The first-order chi connectivity index (χ1) is 21.8. The number of hydrogen-bond acceptors (Lipinski definition) is 10. The number of carbonyl (C=O) groups excluding carboxylic acids is 2. The average Bonchev–Trinajstić information content (AvgIpc) is 3.06. The summed E-state index contributed by atoms with van der Waals surface area (Å²) < 4.78 is 50.3. The van der Waals surface area contributed by atoms with Gasteiger partial charge in [-0.25, -0.2) is 19.6 Å². The first-order valence-electron chi connectivity index (χ1n) is 14.0. The van der Waals surface area contributed by atoms with E-state index in [-0.39, 0.29) is 16.6 Å². The number of aliphatic imine (C=N–C) groups is 1. The highest BCUT2D eigenvalue weighted by Crippen LogP contribution is 2.35. The zero-order valence-electron chi connectivity index (χ0n) is 24.0. The van der Waals surface area contributed by atoms with Crippen LogP contribution >= 0.6 is 0 Å². The number of ether oxygens (including phenoxy) is 2. The third-order valence-electron chi connectivity index (χ3n) is 6.85. The SMILES string of the molecule is O=C(Nc1cccc(N2CCOCC2)n1)Nc1ccnc2c(C(F)(F)F)cccc12.O=C=Nc1cccc(N2CCOCC2)n1. The predicted molar refractivity (Wildman–Crippen MR) is 162 cm³/mol. The molecule has 2 N–H and O–H groups in total. The van der Waals surface area contributed by atoms with Crippen molar-refractivity contribution in [2.24, 2.45) is 4.99 Å². The Hall–Kier alpha value is -5.11. The van der Waals surface area contributed by atoms with Crippen LogP contribution in [0.1, 0.15) is 5.56 Å². The first-order valence-corrected chi connectivity index (χ1v) is 14.0. The Kier molecular flexibility index (Phi) is 10.1. The highest BCUT2D eigenvalue weighted by atomic mass is 19.4. The van der Waals surface area contributed by atoms with Crippen molar-refractivity contribution in [2.75, 3.05) is 73.0 Å². The second kappa shape index (κ2) is 14.6. The van der Waals surface area contributed by atoms with Crippen LogP contribution in [0.4, 0.5) is 46.9 Å². The summed E-state index contributed by atoms with van der Waals surface area (Å²) in [6.07, 6.45) is -1.83. The van der Waals surface area contributed by atoms with Crippen LogP contribution < -0.4 is 20.4 Å². The van der Waals surface area contributed by atoms with E-state index in [1.807, 2.05) is 23.1 Å². The van der Waals surface area contributed by atoms with Crippen molar-refractivity contribution in [1.29, 1.82) is 0 Å². The molecule has 2 saturated heterocycles. The summed E-state index contributed by atoms with van der Waals surface area (Å²) >= 11 is 0. The van der Waals surface area contributed by atoms with Gasteiger partial charge >= 0.3 is 12.2 Å². The fourth-order valence-corrected chi connectivity index (χ4v) is 4.73. The van der Waals surface area contributed by atoms with Gasteiger partial charge in [-0.2, -0.15) is 13.2 Å². The Labute approximate surface area is 255 Å². The van der Waals surface area contributed by atoms with E-state index >= 15 is 0 Å². The lowest BCUT2D eigenvalue weighted by molar-refractivity contribution is -0.136. The zero-order chi connectivity index (χ0) is 31.6. The number of aromatic nitrogens is 3. The van der Waals surface area contributed by atoms with Crippen LogP contribution in [0.25, 0.3) is 10.9 Å². The van der Waals surface area contributed by atoms with Crippen molar-refractivity contribution in [3.05, 3.63) is 72.4 Å². The molecule has 0 saturated carbocycles. The molecule has 2 aliphatic rings. The fourth-order valence-electron chi connectivity index (χ4n) is 4.73. The number of pyridine rings is 3. The highest BCUT2D eigenvalue weighted by Gasteiger charge is 2.33. The van der Waals surface area contributed by atoms with Gasteiger partial charge in [0.1, 0.15) is 17.5 Å². The second-order valence-electron chi connectivity index (χ2n) is 9.77. The summed E-state index contributed by atoms with van der Waals surface area (Å²) in [6.45, 7) is 5.68. The number of nitrogens with zero attached hydrogens (tertiary/aromatic N) is 6. The lowest BCUT2D eigenvalue weighted by Crippen LogP contribution is -2.36. The Bertz CT molecular complexity index is 1670. The van der Waals surface area contributed by atoms with E-state index < -0.39 is 17.8 Å². The lowest BCUT2D eigenvalue weighted by Gasteiger charge is -2.28. The maximum Gasteiger partial charge on any atom is 0.418 e. The molecule has 12 nitrogen and oxygen atoms in total. The summed E-state index contributed by atoms with van der Waals surface area (Å²) in [7, 11) is 0. The molecule has 2 aliphatic heterocycles. The molecule has 45 heavy (non-hydrogen) atoms. The molecule has 15 heteroatoms. The summed E-state index contributed by atoms with van der Waals surface area (Å²) in [6, 6.07) is 15.2. The molecule has 0 aliphatic carbocycles. The number of alkyl halides is 3. The number of benzene rings is 1. The number of isocyanates is 1. The van der Waals surface area contributed by atoms with E-state index in [4.69, 9.17) is 9.47 Å². The number of hydrogen-bond donors (Lipinski definition) is 2. The molecule has 2 fully saturated rings. The van der Waals surface area contributed by atoms with Crippen molar-refractivity contribution in [3.8, 4) is 0 Å². The molecular weight excluding hydrogens is 593 g/mol. The fraction of sp³-hybridized carbons (Fsp3) is 0.300. The minimum Gasteiger partial charge on any atom is -0.378 e. The number of carbonyl (C=O) groups is 1. The first kappa shape index (κ1) is 31.3. The van der Waals surface area contributed by atoms with Gasteiger partial charge in [0.15, 0.2) is 5.82 Å². The van der Waals surface area contributed by atoms with Gasteiger partial charge in [-0.15, -0.1) is 4.99 Å². The Morgan fingerprint density at radius 1 is 0.822 bits per heavy atom. The molecule has 4 aromatic rings. The molecule has 0 atom stereocenters. The largest absolute Gasteiger partial charge is 0.418 e. The maximum atomic E-state index is 13.2. The zero-order valence-corrected chi connectivity index (χ0v) is 24.0. The van der Waals surface area contributed by atoms with Crippen molar-refractivity contribution < 1.29 is 32.2 Å². The predicted octanol–water partition coefficient (Wildman–Crippen LogP) is 5.01. The van der Waals surface area contributed by atoms with Crippen LogP contribution in [-0.2, 0) is 20.4 Å². The number of urea groups is 1. The highest BCUT2D eigenvalue weighted by molar-refractivity contribution is 6.05. The lowest BCUT2D eigenvalue weighted by atomic mass is 10.1. The molecule has 5 heterocycles. The number of amides is 2. The van der Waals surface area contributed by atoms with Gasteiger partial charge in [-0.3, -0.25) is 10.3 Å². The average molecular weight is 623 g/mol.